The predicted molar refractivity (Wildman–Crippen MR) is 68.1 cm³/mol. The molecule has 0 bridgehead atoms. The van der Waals surface area contributed by atoms with Gasteiger partial charge < -0.3 is 20.1 Å². The summed E-state index contributed by atoms with van der Waals surface area (Å²) in [6.45, 7) is 6.92. The minimum Gasteiger partial charge on any atom is -0.489 e. The molecule has 0 aromatic heterocycles. The van der Waals surface area contributed by atoms with Crippen LogP contribution in [0.2, 0.25) is 0 Å². The first kappa shape index (κ1) is 14.2. The maximum absolute atomic E-state index is 12.0. The van der Waals surface area contributed by atoms with E-state index in [2.05, 4.69) is 6.58 Å². The summed E-state index contributed by atoms with van der Waals surface area (Å²) < 4.78 is 5.60. The molecule has 1 aliphatic carbocycles. The molecule has 4 unspecified atom stereocenters. The lowest BCUT2D eigenvalue weighted by atomic mass is 9.71. The number of fused-ring (bicyclic) bond motifs is 1. The van der Waals surface area contributed by atoms with E-state index >= 15 is 0 Å². The van der Waals surface area contributed by atoms with Crippen molar-refractivity contribution in [3.8, 4) is 0 Å². The molecule has 0 radical (unpaired) electrons. The summed E-state index contributed by atoms with van der Waals surface area (Å²) in [6, 6.07) is 0. The van der Waals surface area contributed by atoms with Gasteiger partial charge in [0.1, 0.15) is 17.5 Å². The molecule has 2 rings (SSSR count). The Morgan fingerprint density at radius 3 is 2.74 bits per heavy atom. The maximum atomic E-state index is 12.0. The van der Waals surface area contributed by atoms with E-state index in [1.54, 1.807) is 13.8 Å². The molecule has 5 nitrogen and oxygen atoms in total. The first-order valence-electron chi connectivity index (χ1n) is 6.37. The Labute approximate surface area is 112 Å². The molecule has 0 amide bonds. The summed E-state index contributed by atoms with van der Waals surface area (Å²) >= 11 is 0. The fourth-order valence-corrected chi connectivity index (χ4v) is 2.68. The zero-order chi connectivity index (χ0) is 14.4. The highest BCUT2D eigenvalue weighted by molar-refractivity contribution is 5.99. The SMILES string of the molecule is C=CCC1(O)C(=O)C=C2OC(C)(C)C(O)CC2C1O. The number of ketones is 1. The average Bonchev–Trinajstić information content (AvgIpc) is 2.30. The van der Waals surface area contributed by atoms with Crippen LogP contribution in [0.5, 0.6) is 0 Å². The van der Waals surface area contributed by atoms with Crippen LogP contribution < -0.4 is 0 Å². The Bertz CT molecular complexity index is 439. The van der Waals surface area contributed by atoms with Crippen LogP contribution >= 0.6 is 0 Å². The van der Waals surface area contributed by atoms with Crippen molar-refractivity contribution >= 4 is 5.78 Å². The molecule has 0 aromatic carbocycles. The number of carbonyl (C=O) groups is 1. The van der Waals surface area contributed by atoms with Crippen molar-refractivity contribution in [2.45, 2.75) is 50.1 Å². The van der Waals surface area contributed by atoms with Gasteiger partial charge in [-0.2, -0.15) is 0 Å². The highest BCUT2D eigenvalue weighted by Crippen LogP contribution is 2.43. The van der Waals surface area contributed by atoms with Crippen LogP contribution in [0.1, 0.15) is 26.7 Å². The number of hydrogen-bond donors (Lipinski definition) is 3. The van der Waals surface area contributed by atoms with Gasteiger partial charge in [-0.15, -0.1) is 6.58 Å². The van der Waals surface area contributed by atoms with Gasteiger partial charge in [0.25, 0.3) is 0 Å². The fourth-order valence-electron chi connectivity index (χ4n) is 2.68. The van der Waals surface area contributed by atoms with Crippen LogP contribution in [0.4, 0.5) is 0 Å². The van der Waals surface area contributed by atoms with Gasteiger partial charge in [0.2, 0.25) is 0 Å². The third kappa shape index (κ3) is 2.12. The van der Waals surface area contributed by atoms with Crippen LogP contribution in [0.25, 0.3) is 0 Å². The quantitative estimate of drug-likeness (QED) is 0.627. The topological polar surface area (TPSA) is 87.0 Å². The second-order valence-corrected chi connectivity index (χ2v) is 5.84. The van der Waals surface area contributed by atoms with E-state index in [0.717, 1.165) is 0 Å². The standard InChI is InChI=1S/C14H20O5/c1-4-5-14(18)11(16)7-9-8(12(14)17)6-10(15)13(2,3)19-9/h4,7-8,10,12,15,17-18H,1,5-6H2,2-3H3. The molecule has 0 spiro atoms. The first-order chi connectivity index (χ1) is 8.72. The molecule has 4 atom stereocenters. The van der Waals surface area contributed by atoms with Crippen LogP contribution in [-0.4, -0.2) is 44.5 Å². The van der Waals surface area contributed by atoms with Gasteiger partial charge >= 0.3 is 0 Å². The van der Waals surface area contributed by atoms with E-state index in [-0.39, 0.29) is 12.8 Å². The molecule has 1 saturated heterocycles. The summed E-state index contributed by atoms with van der Waals surface area (Å²) in [6.07, 6.45) is 0.757. The van der Waals surface area contributed by atoms with Crippen molar-refractivity contribution < 1.29 is 24.9 Å². The number of aliphatic hydroxyl groups excluding tert-OH is 2. The molecular formula is C14H20O5. The number of aliphatic hydroxyl groups is 3. The van der Waals surface area contributed by atoms with E-state index in [0.29, 0.717) is 5.76 Å². The number of ether oxygens (including phenoxy) is 1. The summed E-state index contributed by atoms with van der Waals surface area (Å²) in [5, 5.41) is 30.6. The zero-order valence-electron chi connectivity index (χ0n) is 11.2. The Morgan fingerprint density at radius 2 is 2.16 bits per heavy atom. The van der Waals surface area contributed by atoms with E-state index in [4.69, 9.17) is 4.74 Å². The largest absolute Gasteiger partial charge is 0.489 e. The van der Waals surface area contributed by atoms with Gasteiger partial charge in [-0.25, -0.2) is 0 Å². The summed E-state index contributed by atoms with van der Waals surface area (Å²) in [7, 11) is 0. The molecule has 3 N–H and O–H groups in total. The maximum Gasteiger partial charge on any atom is 0.193 e. The van der Waals surface area contributed by atoms with E-state index in [9.17, 15) is 20.1 Å². The fraction of sp³-hybridized carbons (Fsp3) is 0.643. The van der Waals surface area contributed by atoms with Crippen LogP contribution in [0.15, 0.2) is 24.5 Å². The average molecular weight is 268 g/mol. The normalized spacial score (nSPS) is 41.0. The molecule has 19 heavy (non-hydrogen) atoms. The lowest BCUT2D eigenvalue weighted by molar-refractivity contribution is -0.177. The Morgan fingerprint density at radius 1 is 1.53 bits per heavy atom. The van der Waals surface area contributed by atoms with Crippen molar-refractivity contribution in [3.63, 3.8) is 0 Å². The zero-order valence-corrected chi connectivity index (χ0v) is 11.2. The Balaban J connectivity index is 2.38. The molecule has 1 aliphatic heterocycles. The van der Waals surface area contributed by atoms with Crippen molar-refractivity contribution in [3.05, 3.63) is 24.5 Å². The molecule has 5 heteroatoms. The molecule has 1 heterocycles. The summed E-state index contributed by atoms with van der Waals surface area (Å²) in [4.78, 5) is 12.0. The molecule has 2 aliphatic rings. The van der Waals surface area contributed by atoms with E-state index in [1.165, 1.54) is 12.2 Å². The molecular weight excluding hydrogens is 248 g/mol. The van der Waals surface area contributed by atoms with Gasteiger partial charge in [0.15, 0.2) is 11.4 Å². The molecule has 0 saturated carbocycles. The lowest BCUT2D eigenvalue weighted by Gasteiger charge is -2.47. The Kier molecular flexibility index (Phi) is 3.33. The van der Waals surface area contributed by atoms with Crippen LogP contribution in [0, 0.1) is 5.92 Å². The number of hydrogen-bond acceptors (Lipinski definition) is 5. The molecule has 0 aromatic rings. The van der Waals surface area contributed by atoms with E-state index in [1.807, 2.05) is 0 Å². The number of carbonyl (C=O) groups excluding carboxylic acids is 1. The summed E-state index contributed by atoms with van der Waals surface area (Å²) in [5.74, 6) is -0.828. The van der Waals surface area contributed by atoms with Crippen molar-refractivity contribution in [2.75, 3.05) is 0 Å². The van der Waals surface area contributed by atoms with Crippen molar-refractivity contribution in [1.29, 1.82) is 0 Å². The lowest BCUT2D eigenvalue weighted by Crippen LogP contribution is -2.59. The second-order valence-electron chi connectivity index (χ2n) is 5.84. The van der Waals surface area contributed by atoms with Gasteiger partial charge in [-0.1, -0.05) is 6.08 Å². The predicted octanol–water partition coefficient (Wildman–Crippen LogP) is 0.297. The highest BCUT2D eigenvalue weighted by atomic mass is 16.5. The van der Waals surface area contributed by atoms with Gasteiger partial charge in [0, 0.05) is 18.4 Å². The Hall–Kier alpha value is -1.17. The third-order valence-corrected chi connectivity index (χ3v) is 4.05. The van der Waals surface area contributed by atoms with Crippen molar-refractivity contribution in [1.82, 2.24) is 0 Å². The minimum atomic E-state index is -1.87. The van der Waals surface area contributed by atoms with Gasteiger partial charge in [0.05, 0.1) is 6.10 Å². The van der Waals surface area contributed by atoms with E-state index < -0.39 is 35.1 Å². The van der Waals surface area contributed by atoms with Gasteiger partial charge in [-0.05, 0) is 20.3 Å². The van der Waals surface area contributed by atoms with Crippen LogP contribution in [-0.2, 0) is 9.53 Å². The minimum absolute atomic E-state index is 0.0350. The molecule has 1 fully saturated rings. The second kappa shape index (κ2) is 4.44. The van der Waals surface area contributed by atoms with Gasteiger partial charge in [-0.3, -0.25) is 4.79 Å². The summed E-state index contributed by atoms with van der Waals surface area (Å²) in [5.41, 5.74) is -2.68. The highest BCUT2D eigenvalue weighted by Gasteiger charge is 2.54. The van der Waals surface area contributed by atoms with Crippen molar-refractivity contribution in [2.24, 2.45) is 5.92 Å². The smallest absolute Gasteiger partial charge is 0.193 e. The first-order valence-corrected chi connectivity index (χ1v) is 6.37. The molecule has 106 valence electrons. The van der Waals surface area contributed by atoms with Crippen LogP contribution in [0.3, 0.4) is 0 Å². The number of rotatable bonds is 2. The third-order valence-electron chi connectivity index (χ3n) is 4.05. The monoisotopic (exact) mass is 268 g/mol.